The number of aryl methyl sites for hydroxylation is 1. The highest BCUT2D eigenvalue weighted by atomic mass is 32.1. The van der Waals surface area contributed by atoms with Crippen LogP contribution in [0.2, 0.25) is 0 Å². The Morgan fingerprint density at radius 3 is 2.64 bits per heavy atom. The van der Waals surface area contributed by atoms with Gasteiger partial charge in [-0.1, -0.05) is 32.0 Å². The number of thiophene rings is 1. The largest absolute Gasteiger partial charge is 0.321 e. The third-order valence-electron chi connectivity index (χ3n) is 4.10. The Morgan fingerprint density at radius 2 is 1.96 bits per heavy atom. The average molecular weight is 354 g/mol. The molecule has 128 valence electrons. The molecular weight excluding hydrogens is 336 g/mol. The van der Waals surface area contributed by atoms with Gasteiger partial charge in [0.15, 0.2) is 0 Å². The summed E-state index contributed by atoms with van der Waals surface area (Å²) in [5, 5.41) is 14.6. The zero-order valence-corrected chi connectivity index (χ0v) is 15.0. The molecule has 0 unspecified atom stereocenters. The fourth-order valence-corrected chi connectivity index (χ4v) is 3.71. The number of rotatable bonds is 4. The van der Waals surface area contributed by atoms with Crippen molar-refractivity contribution in [2.24, 2.45) is 0 Å². The van der Waals surface area contributed by atoms with E-state index < -0.39 is 4.92 Å². The van der Waals surface area contributed by atoms with Crippen molar-refractivity contribution in [3.8, 4) is 0 Å². The van der Waals surface area contributed by atoms with Crippen LogP contribution >= 0.6 is 11.3 Å². The van der Waals surface area contributed by atoms with E-state index in [9.17, 15) is 14.9 Å². The maximum absolute atomic E-state index is 12.7. The molecule has 3 aromatic rings. The van der Waals surface area contributed by atoms with Crippen molar-refractivity contribution < 1.29 is 9.72 Å². The second-order valence-corrected chi connectivity index (χ2v) is 7.32. The second kappa shape index (κ2) is 6.64. The third-order valence-corrected chi connectivity index (χ3v) is 5.21. The number of carbonyl (C=O) groups is 1. The summed E-state index contributed by atoms with van der Waals surface area (Å²) in [7, 11) is 0. The van der Waals surface area contributed by atoms with Crippen LogP contribution in [0, 0.1) is 17.0 Å². The number of nitro groups is 1. The van der Waals surface area contributed by atoms with Crippen LogP contribution in [0.15, 0.2) is 42.5 Å². The summed E-state index contributed by atoms with van der Waals surface area (Å²) in [5.74, 6) is 0.0975. The van der Waals surface area contributed by atoms with Crippen molar-refractivity contribution in [3.63, 3.8) is 0 Å². The van der Waals surface area contributed by atoms with Crippen molar-refractivity contribution in [1.82, 2.24) is 0 Å². The van der Waals surface area contributed by atoms with Gasteiger partial charge in [0, 0.05) is 27.9 Å². The summed E-state index contributed by atoms with van der Waals surface area (Å²) in [6, 6.07) is 12.3. The highest BCUT2D eigenvalue weighted by Gasteiger charge is 2.16. The molecule has 5 nitrogen and oxygen atoms in total. The Morgan fingerprint density at radius 1 is 1.20 bits per heavy atom. The molecule has 0 saturated carbocycles. The van der Waals surface area contributed by atoms with E-state index in [1.807, 2.05) is 25.1 Å². The van der Waals surface area contributed by atoms with Crippen LogP contribution < -0.4 is 5.32 Å². The number of carbonyl (C=O) groups excluding carboxylic acids is 1. The monoisotopic (exact) mass is 354 g/mol. The molecule has 6 heteroatoms. The number of non-ortho nitro benzene ring substituents is 1. The van der Waals surface area contributed by atoms with E-state index in [0.29, 0.717) is 16.2 Å². The Balaban J connectivity index is 1.94. The topological polar surface area (TPSA) is 72.2 Å². The normalized spacial score (nSPS) is 11.0. The summed E-state index contributed by atoms with van der Waals surface area (Å²) in [4.78, 5) is 23.7. The van der Waals surface area contributed by atoms with E-state index in [1.165, 1.54) is 23.5 Å². The Hall–Kier alpha value is -2.73. The quantitative estimate of drug-likeness (QED) is 0.497. The molecule has 0 aliphatic carbocycles. The van der Waals surface area contributed by atoms with Crippen LogP contribution in [-0.4, -0.2) is 10.8 Å². The second-order valence-electron chi connectivity index (χ2n) is 6.24. The van der Waals surface area contributed by atoms with E-state index in [4.69, 9.17) is 0 Å². The number of nitrogens with zero attached hydrogens (tertiary/aromatic N) is 1. The number of nitrogens with one attached hydrogen (secondary N) is 1. The fraction of sp³-hybridized carbons (Fsp3) is 0.211. The Bertz CT molecular complexity index is 976. The fourth-order valence-electron chi connectivity index (χ4n) is 2.77. The molecule has 25 heavy (non-hydrogen) atoms. The minimum absolute atomic E-state index is 0.0262. The third kappa shape index (κ3) is 3.39. The van der Waals surface area contributed by atoms with Crippen molar-refractivity contribution in [3.05, 3.63) is 68.6 Å². The lowest BCUT2D eigenvalue weighted by Gasteiger charge is -2.16. The van der Waals surface area contributed by atoms with Crippen LogP contribution in [0.25, 0.3) is 10.1 Å². The van der Waals surface area contributed by atoms with Gasteiger partial charge < -0.3 is 5.32 Å². The van der Waals surface area contributed by atoms with Crippen LogP contribution in [-0.2, 0) is 0 Å². The van der Waals surface area contributed by atoms with Crippen LogP contribution in [0.4, 0.5) is 11.4 Å². The van der Waals surface area contributed by atoms with Gasteiger partial charge in [0.2, 0.25) is 0 Å². The summed E-state index contributed by atoms with van der Waals surface area (Å²) < 4.78 is 0.851. The van der Waals surface area contributed by atoms with Gasteiger partial charge in [-0.2, -0.15) is 0 Å². The first-order valence-corrected chi connectivity index (χ1v) is 8.77. The predicted molar refractivity (Wildman–Crippen MR) is 102 cm³/mol. The van der Waals surface area contributed by atoms with Gasteiger partial charge >= 0.3 is 0 Å². The molecule has 0 atom stereocenters. The summed E-state index contributed by atoms with van der Waals surface area (Å²) in [5.41, 5.74) is 2.96. The molecule has 3 rings (SSSR count). The van der Waals surface area contributed by atoms with Crippen molar-refractivity contribution in [2.75, 3.05) is 5.32 Å². The Kier molecular flexibility index (Phi) is 4.55. The average Bonchev–Trinajstić information content (AvgIpc) is 2.99. The smallest absolute Gasteiger partial charge is 0.270 e. The Labute approximate surface area is 149 Å². The number of hydrogen-bond donors (Lipinski definition) is 1. The summed E-state index contributed by atoms with van der Waals surface area (Å²) in [6.45, 7) is 6.14. The van der Waals surface area contributed by atoms with Crippen molar-refractivity contribution in [1.29, 1.82) is 0 Å². The molecule has 1 N–H and O–H groups in total. The maximum Gasteiger partial charge on any atom is 0.270 e. The van der Waals surface area contributed by atoms with E-state index in [2.05, 4.69) is 19.2 Å². The molecule has 0 aliphatic rings. The van der Waals surface area contributed by atoms with Gasteiger partial charge in [-0.25, -0.2) is 0 Å². The molecule has 1 aromatic heterocycles. The zero-order chi connectivity index (χ0) is 18.1. The molecule has 1 heterocycles. The molecule has 0 saturated heterocycles. The first kappa shape index (κ1) is 17.1. The lowest BCUT2D eigenvalue weighted by Crippen LogP contribution is -2.13. The summed E-state index contributed by atoms with van der Waals surface area (Å²) in [6.07, 6.45) is 0. The number of amides is 1. The molecule has 2 aromatic carbocycles. The molecule has 0 spiro atoms. The molecule has 0 fully saturated rings. The number of nitro benzene ring substituents is 1. The molecule has 0 bridgehead atoms. The lowest BCUT2D eigenvalue weighted by atomic mass is 9.98. The highest BCUT2D eigenvalue weighted by Crippen LogP contribution is 2.31. The lowest BCUT2D eigenvalue weighted by molar-refractivity contribution is -0.384. The van der Waals surface area contributed by atoms with E-state index in [0.717, 1.165) is 21.5 Å². The standard InChI is InChI=1S/C19H18N2O3S/c1-11(2)15-6-4-5-12(3)18(15)20-19(22)17-10-13-9-14(21(23)24)7-8-16(13)25-17/h4-11H,1-3H3,(H,20,22). The van der Waals surface area contributed by atoms with E-state index in [1.54, 1.807) is 12.1 Å². The van der Waals surface area contributed by atoms with Crippen molar-refractivity contribution in [2.45, 2.75) is 26.7 Å². The van der Waals surface area contributed by atoms with Crippen LogP contribution in [0.3, 0.4) is 0 Å². The van der Waals surface area contributed by atoms with Gasteiger partial charge in [-0.05, 0) is 36.1 Å². The molecular formula is C19H18N2O3S. The number of hydrogen-bond acceptors (Lipinski definition) is 4. The number of para-hydroxylation sites is 1. The minimum atomic E-state index is -0.431. The molecule has 0 radical (unpaired) electrons. The minimum Gasteiger partial charge on any atom is -0.321 e. The maximum atomic E-state index is 12.7. The number of anilines is 1. The van der Waals surface area contributed by atoms with Crippen LogP contribution in [0.5, 0.6) is 0 Å². The van der Waals surface area contributed by atoms with E-state index >= 15 is 0 Å². The first-order chi connectivity index (χ1) is 11.9. The van der Waals surface area contributed by atoms with Gasteiger partial charge in [0.1, 0.15) is 0 Å². The SMILES string of the molecule is Cc1cccc(C(C)C)c1NC(=O)c1cc2cc([N+](=O)[O-])ccc2s1. The van der Waals surface area contributed by atoms with Gasteiger partial charge in [0.05, 0.1) is 9.80 Å². The highest BCUT2D eigenvalue weighted by molar-refractivity contribution is 7.20. The number of benzene rings is 2. The molecule has 1 amide bonds. The zero-order valence-electron chi connectivity index (χ0n) is 14.2. The van der Waals surface area contributed by atoms with E-state index in [-0.39, 0.29) is 11.6 Å². The first-order valence-electron chi connectivity index (χ1n) is 7.95. The molecule has 0 aliphatic heterocycles. The van der Waals surface area contributed by atoms with Gasteiger partial charge in [-0.3, -0.25) is 14.9 Å². The van der Waals surface area contributed by atoms with Crippen molar-refractivity contribution >= 4 is 38.7 Å². The van der Waals surface area contributed by atoms with Gasteiger partial charge in [0.25, 0.3) is 11.6 Å². The van der Waals surface area contributed by atoms with Gasteiger partial charge in [-0.15, -0.1) is 11.3 Å². The number of fused-ring (bicyclic) bond motifs is 1. The predicted octanol–water partition coefficient (Wildman–Crippen LogP) is 5.49. The summed E-state index contributed by atoms with van der Waals surface area (Å²) >= 11 is 1.33. The van der Waals surface area contributed by atoms with Crippen LogP contribution in [0.1, 0.15) is 40.6 Å².